The molecular formula is C19H17N5O2. The van der Waals surface area contributed by atoms with E-state index in [1.165, 1.54) is 0 Å². The second-order valence-electron chi connectivity index (χ2n) is 5.60. The summed E-state index contributed by atoms with van der Waals surface area (Å²) in [6, 6.07) is 18.5. The molecule has 2 aromatic carbocycles. The highest BCUT2D eigenvalue weighted by Crippen LogP contribution is 2.31. The quantitative estimate of drug-likeness (QED) is 0.533. The molecule has 0 saturated heterocycles. The van der Waals surface area contributed by atoms with Gasteiger partial charge in [-0.2, -0.15) is 4.98 Å². The molecule has 0 amide bonds. The zero-order valence-electron chi connectivity index (χ0n) is 14.1. The third-order valence-corrected chi connectivity index (χ3v) is 3.77. The van der Waals surface area contributed by atoms with Crippen LogP contribution in [0.2, 0.25) is 0 Å². The molecule has 0 aliphatic rings. The lowest BCUT2D eigenvalue weighted by atomic mass is 10.3. The first-order chi connectivity index (χ1) is 12.7. The number of hydrogen-bond donors (Lipinski definition) is 2. The van der Waals surface area contributed by atoms with E-state index in [9.17, 15) is 0 Å². The third kappa shape index (κ3) is 3.23. The predicted molar refractivity (Wildman–Crippen MR) is 100 cm³/mol. The third-order valence-electron chi connectivity index (χ3n) is 3.77. The molecule has 7 nitrogen and oxygen atoms in total. The summed E-state index contributed by atoms with van der Waals surface area (Å²) in [5.74, 6) is 2.44. The average Bonchev–Trinajstić information content (AvgIpc) is 3.05. The van der Waals surface area contributed by atoms with Crippen LogP contribution in [0.5, 0.6) is 17.2 Å². The van der Waals surface area contributed by atoms with Gasteiger partial charge in [-0.05, 0) is 42.5 Å². The monoisotopic (exact) mass is 347 g/mol. The van der Waals surface area contributed by atoms with Crippen molar-refractivity contribution in [3.63, 3.8) is 0 Å². The first-order valence-electron chi connectivity index (χ1n) is 8.01. The predicted octanol–water partition coefficient (Wildman–Crippen LogP) is 3.86. The van der Waals surface area contributed by atoms with Gasteiger partial charge in [0, 0.05) is 23.6 Å². The van der Waals surface area contributed by atoms with Crippen molar-refractivity contribution in [2.45, 2.75) is 0 Å². The van der Waals surface area contributed by atoms with Gasteiger partial charge < -0.3 is 20.5 Å². The molecular weight excluding hydrogens is 330 g/mol. The Hall–Kier alpha value is -3.74. The maximum atomic E-state index is 5.91. The van der Waals surface area contributed by atoms with Gasteiger partial charge >= 0.3 is 0 Å². The number of ether oxygens (including phenoxy) is 2. The molecule has 0 atom stereocenters. The Morgan fingerprint density at radius 2 is 1.77 bits per heavy atom. The summed E-state index contributed by atoms with van der Waals surface area (Å²) in [6.45, 7) is 0. The summed E-state index contributed by atoms with van der Waals surface area (Å²) < 4.78 is 12.9. The lowest BCUT2D eigenvalue weighted by Gasteiger charge is -2.09. The molecule has 3 N–H and O–H groups in total. The fourth-order valence-electron chi connectivity index (χ4n) is 2.50. The van der Waals surface area contributed by atoms with Gasteiger partial charge in [-0.1, -0.05) is 12.1 Å². The maximum absolute atomic E-state index is 5.91. The Kier molecular flexibility index (Phi) is 4.03. The van der Waals surface area contributed by atoms with Gasteiger partial charge in [0.25, 0.3) is 0 Å². The average molecular weight is 347 g/mol. The number of pyridine rings is 1. The van der Waals surface area contributed by atoms with Crippen LogP contribution in [0.15, 0.2) is 66.9 Å². The molecule has 4 rings (SSSR count). The van der Waals surface area contributed by atoms with Crippen LogP contribution < -0.4 is 20.5 Å². The molecule has 0 aliphatic heterocycles. The van der Waals surface area contributed by atoms with E-state index in [1.54, 1.807) is 17.8 Å². The molecule has 4 aromatic rings. The van der Waals surface area contributed by atoms with Crippen molar-refractivity contribution >= 4 is 23.0 Å². The van der Waals surface area contributed by atoms with Gasteiger partial charge in [0.05, 0.1) is 7.11 Å². The Balaban J connectivity index is 1.58. The van der Waals surface area contributed by atoms with Crippen LogP contribution in [-0.2, 0) is 0 Å². The van der Waals surface area contributed by atoms with Gasteiger partial charge in [-0.3, -0.25) is 0 Å². The van der Waals surface area contributed by atoms with Crippen molar-refractivity contribution in [1.82, 2.24) is 14.6 Å². The fraction of sp³-hybridized carbons (Fsp3) is 0.0526. The van der Waals surface area contributed by atoms with Crippen LogP contribution in [0.4, 0.5) is 17.3 Å². The number of methoxy groups -OCH3 is 1. The number of fused-ring (bicyclic) bond motifs is 1. The Bertz CT molecular complexity index is 1040. The van der Waals surface area contributed by atoms with Gasteiger partial charge in [0.2, 0.25) is 5.95 Å². The number of nitrogens with two attached hydrogens (primary N) is 1. The van der Waals surface area contributed by atoms with Crippen LogP contribution >= 0.6 is 0 Å². The normalized spacial score (nSPS) is 10.7. The minimum Gasteiger partial charge on any atom is -0.493 e. The number of para-hydroxylation sites is 2. The van der Waals surface area contributed by atoms with Crippen molar-refractivity contribution in [1.29, 1.82) is 0 Å². The molecule has 0 aliphatic carbocycles. The van der Waals surface area contributed by atoms with Crippen LogP contribution in [0, 0.1) is 0 Å². The van der Waals surface area contributed by atoms with Crippen molar-refractivity contribution in [3.05, 3.63) is 66.9 Å². The summed E-state index contributed by atoms with van der Waals surface area (Å²) in [4.78, 5) is 4.47. The fourth-order valence-corrected chi connectivity index (χ4v) is 2.50. The molecule has 26 heavy (non-hydrogen) atoms. The van der Waals surface area contributed by atoms with E-state index >= 15 is 0 Å². The second-order valence-corrected chi connectivity index (χ2v) is 5.60. The summed E-state index contributed by atoms with van der Waals surface area (Å²) in [5.41, 5.74) is 7.93. The maximum Gasteiger partial charge on any atom is 0.247 e. The standard InChI is InChI=1S/C19H17N5O2/c1-25-16-4-2-3-5-17(16)26-15-10-11-24-18(12-15)22-19(23-24)21-14-8-6-13(20)7-9-14/h2-12H,20H2,1H3,(H,21,23). The smallest absolute Gasteiger partial charge is 0.247 e. The summed E-state index contributed by atoms with van der Waals surface area (Å²) in [7, 11) is 1.61. The molecule has 0 unspecified atom stereocenters. The lowest BCUT2D eigenvalue weighted by Crippen LogP contribution is -1.94. The number of anilines is 3. The Morgan fingerprint density at radius 3 is 2.54 bits per heavy atom. The van der Waals surface area contributed by atoms with E-state index < -0.39 is 0 Å². The molecule has 2 aromatic heterocycles. The van der Waals surface area contributed by atoms with Gasteiger partial charge in [0.15, 0.2) is 17.1 Å². The number of benzene rings is 2. The first-order valence-corrected chi connectivity index (χ1v) is 8.01. The van der Waals surface area contributed by atoms with Crippen LogP contribution in [0.1, 0.15) is 0 Å². The van der Waals surface area contributed by atoms with Crippen molar-refractivity contribution < 1.29 is 9.47 Å². The number of hydrogen-bond acceptors (Lipinski definition) is 6. The van der Waals surface area contributed by atoms with Gasteiger partial charge in [-0.15, -0.1) is 5.10 Å². The number of nitrogen functional groups attached to an aromatic ring is 1. The molecule has 0 saturated carbocycles. The van der Waals surface area contributed by atoms with E-state index in [-0.39, 0.29) is 0 Å². The first kappa shape index (κ1) is 15.8. The SMILES string of the molecule is COc1ccccc1Oc1ccn2nc(Nc3ccc(N)cc3)nc2c1. The van der Waals surface area contributed by atoms with Crippen LogP contribution in [0.25, 0.3) is 5.65 Å². The lowest BCUT2D eigenvalue weighted by molar-refractivity contribution is 0.379. The van der Waals surface area contributed by atoms with Gasteiger partial charge in [-0.25, -0.2) is 4.52 Å². The van der Waals surface area contributed by atoms with E-state index in [0.717, 1.165) is 5.69 Å². The van der Waals surface area contributed by atoms with Crippen molar-refractivity contribution in [2.24, 2.45) is 0 Å². The second kappa shape index (κ2) is 6.64. The molecule has 2 heterocycles. The zero-order chi connectivity index (χ0) is 17.9. The highest BCUT2D eigenvalue weighted by atomic mass is 16.5. The summed E-state index contributed by atoms with van der Waals surface area (Å²) >= 11 is 0. The number of rotatable bonds is 5. The largest absolute Gasteiger partial charge is 0.493 e. The molecule has 130 valence electrons. The Morgan fingerprint density at radius 1 is 1.00 bits per heavy atom. The van der Waals surface area contributed by atoms with Crippen LogP contribution in [0.3, 0.4) is 0 Å². The number of nitrogens with one attached hydrogen (secondary N) is 1. The van der Waals surface area contributed by atoms with Crippen LogP contribution in [-0.4, -0.2) is 21.7 Å². The topological polar surface area (TPSA) is 86.7 Å². The number of nitrogens with zero attached hydrogens (tertiary/aromatic N) is 3. The summed E-state index contributed by atoms with van der Waals surface area (Å²) in [5, 5.41) is 7.54. The molecule has 0 radical (unpaired) electrons. The molecule has 0 spiro atoms. The van der Waals surface area contributed by atoms with E-state index in [0.29, 0.717) is 34.5 Å². The highest BCUT2D eigenvalue weighted by molar-refractivity contribution is 5.59. The minimum absolute atomic E-state index is 0.490. The van der Waals surface area contributed by atoms with Crippen molar-refractivity contribution in [3.8, 4) is 17.2 Å². The van der Waals surface area contributed by atoms with E-state index in [1.807, 2.05) is 60.7 Å². The molecule has 7 heteroatoms. The zero-order valence-corrected chi connectivity index (χ0v) is 14.1. The molecule has 0 bridgehead atoms. The highest BCUT2D eigenvalue weighted by Gasteiger charge is 2.08. The number of aromatic nitrogens is 3. The van der Waals surface area contributed by atoms with Gasteiger partial charge in [0.1, 0.15) is 5.75 Å². The van der Waals surface area contributed by atoms with Crippen molar-refractivity contribution in [2.75, 3.05) is 18.2 Å². The van der Waals surface area contributed by atoms with E-state index in [4.69, 9.17) is 15.2 Å². The summed E-state index contributed by atoms with van der Waals surface area (Å²) in [6.07, 6.45) is 1.79. The van der Waals surface area contributed by atoms with E-state index in [2.05, 4.69) is 15.4 Å². The molecule has 0 fully saturated rings. The minimum atomic E-state index is 0.490. The Labute approximate surface area is 150 Å².